The summed E-state index contributed by atoms with van der Waals surface area (Å²) in [6.07, 6.45) is 1.51. The van der Waals surface area contributed by atoms with E-state index in [0.717, 1.165) is 0 Å². The van der Waals surface area contributed by atoms with E-state index in [1.807, 2.05) is 6.07 Å². The van der Waals surface area contributed by atoms with Gasteiger partial charge >= 0.3 is 0 Å². The maximum Gasteiger partial charge on any atom is 0.269 e. The van der Waals surface area contributed by atoms with Crippen molar-refractivity contribution in [1.82, 2.24) is 19.7 Å². The lowest BCUT2D eigenvalue weighted by molar-refractivity contribution is 0.0995. The maximum absolute atomic E-state index is 10.9. The number of primary amides is 1. The fourth-order valence-corrected chi connectivity index (χ4v) is 1.28. The Morgan fingerprint density at radius 2 is 2.29 bits per heavy atom. The molecule has 0 saturated carbocycles. The number of carbonyl (C=O) groups excluding carboxylic acids is 1. The van der Waals surface area contributed by atoms with Crippen molar-refractivity contribution in [2.45, 2.75) is 6.92 Å². The van der Waals surface area contributed by atoms with Crippen molar-refractivity contribution in [1.29, 1.82) is 5.26 Å². The van der Waals surface area contributed by atoms with Crippen LogP contribution in [0.3, 0.4) is 0 Å². The molecule has 0 aliphatic heterocycles. The second-order valence-electron chi connectivity index (χ2n) is 3.32. The Balaban J connectivity index is 2.49. The molecule has 1 amide bonds. The Labute approximate surface area is 96.5 Å². The predicted molar refractivity (Wildman–Crippen MR) is 57.1 cm³/mol. The van der Waals surface area contributed by atoms with E-state index in [-0.39, 0.29) is 17.3 Å². The third-order valence-corrected chi connectivity index (χ3v) is 2.00. The molecular weight excluding hydrogens is 220 g/mol. The quantitative estimate of drug-likeness (QED) is 0.774. The van der Waals surface area contributed by atoms with Crippen molar-refractivity contribution >= 4 is 5.91 Å². The third-order valence-electron chi connectivity index (χ3n) is 2.00. The van der Waals surface area contributed by atoms with Crippen LogP contribution in [0.4, 0.5) is 0 Å². The van der Waals surface area contributed by atoms with E-state index in [2.05, 4.69) is 15.1 Å². The van der Waals surface area contributed by atoms with Gasteiger partial charge in [0, 0.05) is 11.9 Å². The van der Waals surface area contributed by atoms with Gasteiger partial charge in [-0.05, 0) is 19.1 Å². The number of aryl methyl sites for hydroxylation is 1. The zero-order valence-corrected chi connectivity index (χ0v) is 8.95. The van der Waals surface area contributed by atoms with Crippen LogP contribution in [0.1, 0.15) is 21.9 Å². The number of hydrogen-bond acceptors (Lipinski definition) is 5. The molecule has 2 aromatic heterocycles. The van der Waals surface area contributed by atoms with Gasteiger partial charge in [0.05, 0.1) is 0 Å². The molecule has 2 rings (SSSR count). The lowest BCUT2D eigenvalue weighted by atomic mass is 10.3. The van der Waals surface area contributed by atoms with Crippen LogP contribution < -0.4 is 5.73 Å². The predicted octanol–water partition coefficient (Wildman–Crippen LogP) is -0.0587. The van der Waals surface area contributed by atoms with Crippen LogP contribution in [-0.2, 0) is 0 Å². The first-order valence-electron chi connectivity index (χ1n) is 4.72. The van der Waals surface area contributed by atoms with Gasteiger partial charge in [-0.25, -0.2) is 14.6 Å². The van der Waals surface area contributed by atoms with Crippen LogP contribution in [0, 0.1) is 18.3 Å². The van der Waals surface area contributed by atoms with Gasteiger partial charge in [-0.3, -0.25) is 4.79 Å². The fraction of sp³-hybridized carbons (Fsp3) is 0.100. The van der Waals surface area contributed by atoms with Crippen LogP contribution in [0.2, 0.25) is 0 Å². The summed E-state index contributed by atoms with van der Waals surface area (Å²) in [4.78, 5) is 19.0. The van der Waals surface area contributed by atoms with Gasteiger partial charge in [0.1, 0.15) is 17.5 Å². The Morgan fingerprint density at radius 3 is 2.88 bits per heavy atom. The largest absolute Gasteiger partial charge is 0.364 e. The van der Waals surface area contributed by atoms with E-state index in [1.165, 1.54) is 16.9 Å². The summed E-state index contributed by atoms with van der Waals surface area (Å²) in [6.45, 7) is 1.74. The van der Waals surface area contributed by atoms with Crippen LogP contribution in [0.5, 0.6) is 0 Å². The smallest absolute Gasteiger partial charge is 0.269 e. The van der Waals surface area contributed by atoms with Crippen molar-refractivity contribution in [3.63, 3.8) is 0 Å². The van der Waals surface area contributed by atoms with Gasteiger partial charge in [0.15, 0.2) is 0 Å². The van der Waals surface area contributed by atoms with E-state index < -0.39 is 5.91 Å². The molecule has 0 radical (unpaired) electrons. The first-order chi connectivity index (χ1) is 8.10. The normalized spacial score (nSPS) is 9.88. The van der Waals surface area contributed by atoms with Crippen molar-refractivity contribution in [2.24, 2.45) is 5.73 Å². The first-order valence-corrected chi connectivity index (χ1v) is 4.72. The Hall–Kier alpha value is -2.75. The zero-order valence-electron chi connectivity index (χ0n) is 8.95. The molecule has 0 atom stereocenters. The minimum atomic E-state index is -0.628. The highest BCUT2D eigenvalue weighted by Crippen LogP contribution is 2.05. The monoisotopic (exact) mass is 228 g/mol. The summed E-state index contributed by atoms with van der Waals surface area (Å²) in [5.74, 6) is -0.397. The van der Waals surface area contributed by atoms with Gasteiger partial charge in [0.2, 0.25) is 0 Å². The third kappa shape index (κ3) is 2.10. The van der Waals surface area contributed by atoms with Crippen molar-refractivity contribution < 1.29 is 4.79 Å². The van der Waals surface area contributed by atoms with E-state index in [9.17, 15) is 4.79 Å². The van der Waals surface area contributed by atoms with E-state index in [4.69, 9.17) is 11.0 Å². The number of carbonyl (C=O) groups is 1. The molecule has 0 saturated heterocycles. The SMILES string of the molecule is Cc1cc(C#N)nc(-n2ccc(C(N)=O)n2)n1. The lowest BCUT2D eigenvalue weighted by Gasteiger charge is -2.00. The molecule has 2 heterocycles. The molecule has 0 spiro atoms. The van der Waals surface area contributed by atoms with Crippen molar-refractivity contribution in [3.8, 4) is 12.0 Å². The zero-order chi connectivity index (χ0) is 12.4. The highest BCUT2D eigenvalue weighted by molar-refractivity contribution is 5.90. The summed E-state index contributed by atoms with van der Waals surface area (Å²) in [7, 11) is 0. The van der Waals surface area contributed by atoms with Crippen LogP contribution in [0.25, 0.3) is 5.95 Å². The van der Waals surface area contributed by atoms with Gasteiger partial charge in [-0.15, -0.1) is 0 Å². The molecule has 0 unspecified atom stereocenters. The molecule has 0 aliphatic carbocycles. The standard InChI is InChI=1S/C10H8N6O/c1-6-4-7(5-11)14-10(13-6)16-3-2-8(15-16)9(12)17/h2-4H,1H3,(H2,12,17). The molecule has 7 nitrogen and oxygen atoms in total. The molecule has 84 valence electrons. The minimum absolute atomic E-state index is 0.119. The Bertz CT molecular complexity index is 624. The minimum Gasteiger partial charge on any atom is -0.364 e. The molecule has 17 heavy (non-hydrogen) atoms. The summed E-state index contributed by atoms with van der Waals surface area (Å²) < 4.78 is 1.30. The summed E-state index contributed by atoms with van der Waals surface area (Å²) >= 11 is 0. The number of nitrogens with two attached hydrogens (primary N) is 1. The van der Waals surface area contributed by atoms with Gasteiger partial charge in [0.25, 0.3) is 11.9 Å². The number of hydrogen-bond donors (Lipinski definition) is 1. The topological polar surface area (TPSA) is 110 Å². The van der Waals surface area contributed by atoms with Crippen LogP contribution in [-0.4, -0.2) is 25.7 Å². The molecule has 2 N–H and O–H groups in total. The van der Waals surface area contributed by atoms with Gasteiger partial charge in [-0.2, -0.15) is 10.4 Å². The van der Waals surface area contributed by atoms with E-state index >= 15 is 0 Å². The number of nitrogens with zero attached hydrogens (tertiary/aromatic N) is 5. The second kappa shape index (κ2) is 4.02. The molecule has 0 bridgehead atoms. The van der Waals surface area contributed by atoms with Gasteiger partial charge in [-0.1, -0.05) is 0 Å². The Morgan fingerprint density at radius 1 is 1.53 bits per heavy atom. The average molecular weight is 228 g/mol. The molecular formula is C10H8N6O. The van der Waals surface area contributed by atoms with Crippen LogP contribution >= 0.6 is 0 Å². The van der Waals surface area contributed by atoms with Crippen molar-refractivity contribution in [3.05, 3.63) is 35.4 Å². The van der Waals surface area contributed by atoms with Crippen molar-refractivity contribution in [2.75, 3.05) is 0 Å². The number of aromatic nitrogens is 4. The average Bonchev–Trinajstić information content (AvgIpc) is 2.77. The highest BCUT2D eigenvalue weighted by atomic mass is 16.1. The molecule has 0 aromatic carbocycles. The van der Waals surface area contributed by atoms with E-state index in [1.54, 1.807) is 13.0 Å². The number of nitriles is 1. The van der Waals surface area contributed by atoms with Gasteiger partial charge < -0.3 is 5.73 Å². The molecule has 0 aliphatic rings. The maximum atomic E-state index is 10.9. The second-order valence-corrected chi connectivity index (χ2v) is 3.32. The van der Waals surface area contributed by atoms with E-state index in [0.29, 0.717) is 5.69 Å². The summed E-state index contributed by atoms with van der Waals surface area (Å²) in [5, 5.41) is 12.7. The summed E-state index contributed by atoms with van der Waals surface area (Å²) in [5.41, 5.74) is 6.08. The highest BCUT2D eigenvalue weighted by Gasteiger charge is 2.09. The Kier molecular flexibility index (Phi) is 2.54. The molecule has 0 fully saturated rings. The number of amides is 1. The van der Waals surface area contributed by atoms with Crippen LogP contribution in [0.15, 0.2) is 18.3 Å². The number of rotatable bonds is 2. The lowest BCUT2D eigenvalue weighted by Crippen LogP contribution is -2.13. The molecule has 2 aromatic rings. The first kappa shape index (κ1) is 10.8. The summed E-state index contributed by atoms with van der Waals surface area (Å²) in [6, 6.07) is 4.94. The fourth-order valence-electron chi connectivity index (χ4n) is 1.28. The molecule has 7 heteroatoms.